The fraction of sp³-hybridized carbons (Fsp3) is 0.375. The van der Waals surface area contributed by atoms with Crippen LogP contribution in [-0.4, -0.2) is 58.0 Å². The highest BCUT2D eigenvalue weighted by Gasteiger charge is 2.37. The average molecular weight is 437 g/mol. The zero-order chi connectivity index (χ0) is 22.7. The van der Waals surface area contributed by atoms with Gasteiger partial charge in [0, 0.05) is 25.4 Å². The Morgan fingerprint density at radius 1 is 1.16 bits per heavy atom. The molecule has 1 aliphatic heterocycles. The molecule has 1 saturated heterocycles. The molecule has 168 valence electrons. The molecule has 0 aliphatic carbocycles. The summed E-state index contributed by atoms with van der Waals surface area (Å²) in [6, 6.07) is 13.0. The summed E-state index contributed by atoms with van der Waals surface area (Å²) in [6.07, 6.45) is 3.40. The summed E-state index contributed by atoms with van der Waals surface area (Å²) < 4.78 is 18.9. The topological polar surface area (TPSA) is 78.7 Å². The maximum atomic E-state index is 13.3. The standard InChI is InChI=1S/C24H28N4O4/c1-24(2,32-19-10-8-18(30-4)9-11-19)23(29)28-12-13-31-22(16-28)21-7-5-6-20(26-21)17-14-25-27(3)15-17/h5-11,14-15,22H,12-13,16H2,1-4H3/t22-/m0/s1. The molecule has 8 nitrogen and oxygen atoms in total. The fourth-order valence-electron chi connectivity index (χ4n) is 3.72. The van der Waals surface area contributed by atoms with Crippen LogP contribution < -0.4 is 9.47 Å². The Hall–Kier alpha value is -3.39. The number of aryl methyl sites for hydroxylation is 1. The smallest absolute Gasteiger partial charge is 0.266 e. The average Bonchev–Trinajstić information content (AvgIpc) is 3.25. The fourth-order valence-corrected chi connectivity index (χ4v) is 3.72. The van der Waals surface area contributed by atoms with E-state index in [1.54, 1.807) is 48.9 Å². The first-order chi connectivity index (χ1) is 15.4. The minimum atomic E-state index is -1.03. The largest absolute Gasteiger partial charge is 0.497 e. The third-order valence-corrected chi connectivity index (χ3v) is 5.40. The molecule has 2 aromatic heterocycles. The quantitative estimate of drug-likeness (QED) is 0.590. The summed E-state index contributed by atoms with van der Waals surface area (Å²) in [7, 11) is 3.48. The maximum absolute atomic E-state index is 13.3. The van der Waals surface area contributed by atoms with Crippen LogP contribution in [0.15, 0.2) is 54.9 Å². The van der Waals surface area contributed by atoms with E-state index in [-0.39, 0.29) is 12.0 Å². The molecule has 3 heterocycles. The van der Waals surface area contributed by atoms with Gasteiger partial charge in [-0.2, -0.15) is 5.10 Å². The molecule has 0 N–H and O–H groups in total. The van der Waals surface area contributed by atoms with Gasteiger partial charge in [0.15, 0.2) is 5.60 Å². The first-order valence-electron chi connectivity index (χ1n) is 10.6. The molecular weight excluding hydrogens is 408 g/mol. The van der Waals surface area contributed by atoms with Crippen LogP contribution in [-0.2, 0) is 16.6 Å². The summed E-state index contributed by atoms with van der Waals surface area (Å²) in [4.78, 5) is 19.9. The summed E-state index contributed by atoms with van der Waals surface area (Å²) >= 11 is 0. The van der Waals surface area contributed by atoms with Crippen LogP contribution >= 0.6 is 0 Å². The number of morpholine rings is 1. The van der Waals surface area contributed by atoms with Gasteiger partial charge >= 0.3 is 0 Å². The Morgan fingerprint density at radius 3 is 2.59 bits per heavy atom. The van der Waals surface area contributed by atoms with E-state index in [0.717, 1.165) is 22.7 Å². The second-order valence-electron chi connectivity index (χ2n) is 8.25. The lowest BCUT2D eigenvalue weighted by atomic mass is 10.1. The number of amides is 1. The maximum Gasteiger partial charge on any atom is 0.266 e. The van der Waals surface area contributed by atoms with E-state index in [2.05, 4.69) is 5.10 Å². The highest BCUT2D eigenvalue weighted by Crippen LogP contribution is 2.27. The van der Waals surface area contributed by atoms with E-state index in [1.807, 2.05) is 43.6 Å². The normalized spacial score (nSPS) is 16.6. The van der Waals surface area contributed by atoms with Crippen LogP contribution in [0.4, 0.5) is 0 Å². The van der Waals surface area contributed by atoms with E-state index in [1.165, 1.54) is 0 Å². The van der Waals surface area contributed by atoms with Crippen molar-refractivity contribution in [3.8, 4) is 22.8 Å². The van der Waals surface area contributed by atoms with Gasteiger partial charge in [-0.3, -0.25) is 9.48 Å². The third kappa shape index (κ3) is 4.75. The number of pyridine rings is 1. The lowest BCUT2D eigenvalue weighted by Gasteiger charge is -2.37. The lowest BCUT2D eigenvalue weighted by Crippen LogP contribution is -2.53. The summed E-state index contributed by atoms with van der Waals surface area (Å²) in [5.74, 6) is 1.25. The van der Waals surface area contributed by atoms with Crippen LogP contribution in [0.5, 0.6) is 11.5 Å². The molecule has 0 saturated carbocycles. The van der Waals surface area contributed by atoms with Gasteiger partial charge in [-0.05, 0) is 50.2 Å². The molecule has 1 atom stereocenters. The van der Waals surface area contributed by atoms with E-state index in [9.17, 15) is 4.79 Å². The number of carbonyl (C=O) groups is 1. The van der Waals surface area contributed by atoms with Crippen molar-refractivity contribution in [2.24, 2.45) is 7.05 Å². The molecule has 4 rings (SSSR count). The van der Waals surface area contributed by atoms with Crippen molar-refractivity contribution in [2.45, 2.75) is 25.6 Å². The van der Waals surface area contributed by atoms with Crippen molar-refractivity contribution in [1.82, 2.24) is 19.7 Å². The third-order valence-electron chi connectivity index (χ3n) is 5.40. The Labute approximate surface area is 187 Å². The number of hydrogen-bond donors (Lipinski definition) is 0. The van der Waals surface area contributed by atoms with Crippen LogP contribution in [0.3, 0.4) is 0 Å². The van der Waals surface area contributed by atoms with E-state index >= 15 is 0 Å². The Morgan fingerprint density at radius 2 is 1.91 bits per heavy atom. The molecule has 0 unspecified atom stereocenters. The number of ether oxygens (including phenoxy) is 3. The molecule has 0 bridgehead atoms. The lowest BCUT2D eigenvalue weighted by molar-refractivity contribution is -0.153. The van der Waals surface area contributed by atoms with E-state index < -0.39 is 5.60 Å². The van der Waals surface area contributed by atoms with Gasteiger partial charge in [0.2, 0.25) is 0 Å². The first kappa shape index (κ1) is 21.8. The minimum absolute atomic E-state index is 0.0926. The zero-order valence-electron chi connectivity index (χ0n) is 18.8. The van der Waals surface area contributed by atoms with Crippen molar-refractivity contribution >= 4 is 5.91 Å². The number of hydrogen-bond acceptors (Lipinski definition) is 6. The molecule has 1 fully saturated rings. The zero-order valence-corrected chi connectivity index (χ0v) is 18.8. The molecule has 0 radical (unpaired) electrons. The van der Waals surface area contributed by atoms with Crippen molar-refractivity contribution < 1.29 is 19.0 Å². The van der Waals surface area contributed by atoms with Crippen molar-refractivity contribution in [1.29, 1.82) is 0 Å². The summed E-state index contributed by atoms with van der Waals surface area (Å²) in [5, 5.41) is 4.21. The minimum Gasteiger partial charge on any atom is -0.497 e. The Bertz CT molecular complexity index is 1080. The predicted octanol–water partition coefficient (Wildman–Crippen LogP) is 3.25. The van der Waals surface area contributed by atoms with Crippen LogP contribution in [0.2, 0.25) is 0 Å². The second kappa shape index (κ2) is 9.00. The van der Waals surface area contributed by atoms with Gasteiger partial charge < -0.3 is 19.1 Å². The molecular formula is C24H28N4O4. The van der Waals surface area contributed by atoms with Gasteiger partial charge in [-0.15, -0.1) is 0 Å². The van der Waals surface area contributed by atoms with Gasteiger partial charge in [0.05, 0.1) is 37.8 Å². The Kier molecular flexibility index (Phi) is 6.14. The Balaban J connectivity index is 1.46. The highest BCUT2D eigenvalue weighted by atomic mass is 16.5. The number of aromatic nitrogens is 3. The molecule has 1 aliphatic rings. The monoisotopic (exact) mass is 436 g/mol. The molecule has 0 spiro atoms. The molecule has 1 amide bonds. The van der Waals surface area contributed by atoms with Gasteiger partial charge in [-0.1, -0.05) is 6.07 Å². The van der Waals surface area contributed by atoms with E-state index in [4.69, 9.17) is 19.2 Å². The van der Waals surface area contributed by atoms with Gasteiger partial charge in [0.1, 0.15) is 17.6 Å². The number of benzene rings is 1. The van der Waals surface area contributed by atoms with Gasteiger partial charge in [0.25, 0.3) is 5.91 Å². The highest BCUT2D eigenvalue weighted by molar-refractivity contribution is 5.85. The first-order valence-corrected chi connectivity index (χ1v) is 10.6. The SMILES string of the molecule is COc1ccc(OC(C)(C)C(=O)N2CCO[C@H](c3cccc(-c4cnn(C)c4)n3)C2)cc1. The van der Waals surface area contributed by atoms with Crippen molar-refractivity contribution in [3.63, 3.8) is 0 Å². The van der Waals surface area contributed by atoms with Crippen LogP contribution in [0, 0.1) is 0 Å². The molecule has 1 aromatic carbocycles. The molecule has 3 aromatic rings. The second-order valence-corrected chi connectivity index (χ2v) is 8.25. The predicted molar refractivity (Wildman–Crippen MR) is 119 cm³/mol. The summed E-state index contributed by atoms with van der Waals surface area (Å²) in [6.45, 7) is 4.93. The van der Waals surface area contributed by atoms with Gasteiger partial charge in [-0.25, -0.2) is 4.98 Å². The molecule has 32 heavy (non-hydrogen) atoms. The molecule has 8 heteroatoms. The van der Waals surface area contributed by atoms with Crippen molar-refractivity contribution in [2.75, 3.05) is 26.8 Å². The number of nitrogens with zero attached hydrogens (tertiary/aromatic N) is 4. The van der Waals surface area contributed by atoms with Crippen molar-refractivity contribution in [3.05, 3.63) is 60.6 Å². The van der Waals surface area contributed by atoms with Crippen LogP contribution in [0.1, 0.15) is 25.6 Å². The van der Waals surface area contributed by atoms with Crippen LogP contribution in [0.25, 0.3) is 11.3 Å². The number of rotatable bonds is 6. The van der Waals surface area contributed by atoms with E-state index in [0.29, 0.717) is 25.4 Å². The number of methoxy groups -OCH3 is 1. The number of carbonyl (C=O) groups excluding carboxylic acids is 1. The summed E-state index contributed by atoms with van der Waals surface area (Å²) in [5.41, 5.74) is 1.53.